The van der Waals surface area contributed by atoms with E-state index in [1.54, 1.807) is 59.0 Å². The smallest absolute Gasteiger partial charge is 0.368 e. The van der Waals surface area contributed by atoms with E-state index < -0.39 is 107 Å². The van der Waals surface area contributed by atoms with E-state index in [-0.39, 0.29) is 31.1 Å². The van der Waals surface area contributed by atoms with Crippen LogP contribution in [0.15, 0.2) is 60.7 Å². The van der Waals surface area contributed by atoms with Crippen molar-refractivity contribution >= 4 is 41.4 Å². The highest BCUT2D eigenvalue weighted by atomic mass is 19.4. The zero-order valence-electron chi connectivity index (χ0n) is 38.8. The van der Waals surface area contributed by atoms with Crippen LogP contribution in [-0.4, -0.2) is 83.8 Å². The summed E-state index contributed by atoms with van der Waals surface area (Å²) < 4.78 is 39.3. The molecule has 3 unspecified atom stereocenters. The number of carbonyl (C=O) groups is 7. The summed E-state index contributed by atoms with van der Waals surface area (Å²) in [5.41, 5.74) is 7.14. The van der Waals surface area contributed by atoms with Gasteiger partial charge in [0, 0.05) is 18.4 Å². The normalized spacial score (nSPS) is 15.5. The number of alkyl halides is 3. The first-order valence-corrected chi connectivity index (χ1v) is 22.1. The topological polar surface area (TPSA) is 218 Å². The molecule has 0 bridgehead atoms. The minimum absolute atomic E-state index is 0.0875. The fourth-order valence-corrected chi connectivity index (χ4v) is 7.14. The van der Waals surface area contributed by atoms with E-state index in [1.807, 2.05) is 62.4 Å². The Hall–Kier alpha value is -5.48. The van der Waals surface area contributed by atoms with Crippen molar-refractivity contribution < 1.29 is 46.7 Å². The molecular weight excluding hydrogens is 832 g/mol. The number of hydrogen-bond donors (Lipinski definition) is 7. The molecule has 8 N–H and O–H groups in total. The maximum atomic E-state index is 14.5. The lowest BCUT2D eigenvalue weighted by Crippen LogP contribution is -2.59. The SMILES string of the molecule is CCC(C)C(CCC(Cc1ccccc1)C(=O)N[C@@H](Cc1ccccc1)C(=O)N[C@H](C(=O)N[C@H](C(N)=O)C(C)C)C(C)C)NC(=O)[C@@H](NC(=O)[C@@H](NC(=O)C(F)(F)F)C(C)C)C(C)C. The van der Waals surface area contributed by atoms with Gasteiger partial charge in [0.05, 0.1) is 0 Å². The van der Waals surface area contributed by atoms with E-state index in [2.05, 4.69) is 26.6 Å². The van der Waals surface area contributed by atoms with Gasteiger partial charge in [-0.05, 0) is 60.0 Å². The lowest BCUT2D eigenvalue weighted by molar-refractivity contribution is -0.175. The molecule has 0 fully saturated rings. The summed E-state index contributed by atoms with van der Waals surface area (Å²) in [6, 6.07) is 11.9. The van der Waals surface area contributed by atoms with Crippen LogP contribution in [-0.2, 0) is 46.4 Å². The Kier molecular flexibility index (Phi) is 22.0. The predicted molar refractivity (Wildman–Crippen MR) is 239 cm³/mol. The largest absolute Gasteiger partial charge is 0.471 e. The second-order valence-electron chi connectivity index (χ2n) is 18.0. The minimum atomic E-state index is -5.21. The molecule has 2 aromatic carbocycles. The van der Waals surface area contributed by atoms with Gasteiger partial charge in [-0.3, -0.25) is 33.6 Å². The van der Waals surface area contributed by atoms with Crippen molar-refractivity contribution in [3.63, 3.8) is 0 Å². The second-order valence-corrected chi connectivity index (χ2v) is 18.0. The molecule has 0 aromatic heterocycles. The fraction of sp³-hybridized carbons (Fsp3) is 0.596. The van der Waals surface area contributed by atoms with Gasteiger partial charge in [-0.1, -0.05) is 136 Å². The van der Waals surface area contributed by atoms with Crippen LogP contribution < -0.4 is 37.6 Å². The number of primary amides is 1. The molecule has 0 aliphatic rings. The van der Waals surface area contributed by atoms with E-state index in [4.69, 9.17) is 5.73 Å². The fourth-order valence-electron chi connectivity index (χ4n) is 7.14. The van der Waals surface area contributed by atoms with Gasteiger partial charge < -0.3 is 37.6 Å². The lowest BCUT2D eigenvalue weighted by atomic mass is 9.87. The Morgan fingerprint density at radius 2 is 0.922 bits per heavy atom. The zero-order chi connectivity index (χ0) is 48.5. The average Bonchev–Trinajstić information content (AvgIpc) is 3.22. The number of nitrogens with one attached hydrogen (secondary N) is 6. The first-order chi connectivity index (χ1) is 29.9. The molecule has 2 aromatic rings. The van der Waals surface area contributed by atoms with Crippen LogP contribution in [0.25, 0.3) is 0 Å². The van der Waals surface area contributed by atoms with Gasteiger partial charge in [0.1, 0.15) is 30.2 Å². The summed E-state index contributed by atoms with van der Waals surface area (Å²) in [6.07, 6.45) is -3.68. The monoisotopic (exact) mass is 902 g/mol. The maximum absolute atomic E-state index is 14.5. The summed E-state index contributed by atoms with van der Waals surface area (Å²) in [5, 5.41) is 15.7. The molecule has 0 spiro atoms. The van der Waals surface area contributed by atoms with E-state index >= 15 is 0 Å². The van der Waals surface area contributed by atoms with Crippen LogP contribution in [0.2, 0.25) is 0 Å². The number of amides is 7. The van der Waals surface area contributed by atoms with E-state index in [1.165, 1.54) is 13.8 Å². The van der Waals surface area contributed by atoms with Gasteiger partial charge in [-0.15, -0.1) is 0 Å². The Labute approximate surface area is 376 Å². The van der Waals surface area contributed by atoms with Crippen molar-refractivity contribution in [2.75, 3.05) is 0 Å². The summed E-state index contributed by atoms with van der Waals surface area (Å²) >= 11 is 0. The van der Waals surface area contributed by atoms with Crippen molar-refractivity contribution in [2.45, 2.75) is 144 Å². The second kappa shape index (κ2) is 25.7. The van der Waals surface area contributed by atoms with Crippen molar-refractivity contribution in [3.05, 3.63) is 71.8 Å². The number of halogens is 3. The molecule has 64 heavy (non-hydrogen) atoms. The molecular formula is C47H70F3N7O7. The Morgan fingerprint density at radius 3 is 1.34 bits per heavy atom. The van der Waals surface area contributed by atoms with Crippen LogP contribution in [0, 0.1) is 35.5 Å². The number of benzene rings is 2. The van der Waals surface area contributed by atoms with E-state index in [0.29, 0.717) is 12.8 Å². The summed E-state index contributed by atoms with van der Waals surface area (Å²) in [4.78, 5) is 93.2. The van der Waals surface area contributed by atoms with Gasteiger partial charge in [-0.25, -0.2) is 0 Å². The molecule has 0 saturated heterocycles. The van der Waals surface area contributed by atoms with Gasteiger partial charge >= 0.3 is 12.1 Å². The Morgan fingerprint density at radius 1 is 0.516 bits per heavy atom. The minimum Gasteiger partial charge on any atom is -0.368 e. The highest BCUT2D eigenvalue weighted by molar-refractivity contribution is 5.95. The molecule has 14 nitrogen and oxygen atoms in total. The summed E-state index contributed by atoms with van der Waals surface area (Å²) in [6.45, 7) is 17.1. The van der Waals surface area contributed by atoms with Crippen molar-refractivity contribution in [3.8, 4) is 0 Å². The predicted octanol–water partition coefficient (Wildman–Crippen LogP) is 4.49. The zero-order valence-corrected chi connectivity index (χ0v) is 38.8. The van der Waals surface area contributed by atoms with Gasteiger partial charge in [0.15, 0.2) is 0 Å². The van der Waals surface area contributed by atoms with Crippen molar-refractivity contribution in [2.24, 2.45) is 41.2 Å². The molecule has 0 aliphatic carbocycles. The molecule has 2 rings (SSSR count). The molecule has 7 amide bonds. The third kappa shape index (κ3) is 17.6. The van der Waals surface area contributed by atoms with Crippen LogP contribution in [0.4, 0.5) is 13.2 Å². The van der Waals surface area contributed by atoms with E-state index in [9.17, 15) is 46.7 Å². The standard InChI is InChI=1S/C47H70F3N7O7/c1-11-30(10)34(52-43(61)37(27(4)5)56-45(63)39(29(8)9)57-46(64)47(48,49)50)23-22-33(24-31-18-14-12-15-19-31)41(59)53-35(25-32-20-16-13-17-21-32)42(60)55-38(28(6)7)44(62)54-36(26(2)3)40(51)58/h12-21,26-30,33-39H,11,22-25H2,1-10H3,(H2,51,58)(H,52,61)(H,53,59)(H,54,62)(H,55,60)(H,56,63)(H,57,64)/t30?,33?,34?,35-,36-,37-,38-,39-/m0/s1. The van der Waals surface area contributed by atoms with Crippen molar-refractivity contribution in [1.29, 1.82) is 0 Å². The molecule has 0 aliphatic heterocycles. The van der Waals surface area contributed by atoms with Crippen LogP contribution in [0.5, 0.6) is 0 Å². The highest BCUT2D eigenvalue weighted by Gasteiger charge is 2.42. The molecule has 17 heteroatoms. The lowest BCUT2D eigenvalue weighted by Gasteiger charge is -2.31. The average molecular weight is 902 g/mol. The maximum Gasteiger partial charge on any atom is 0.471 e. The quantitative estimate of drug-likeness (QED) is 0.0757. The van der Waals surface area contributed by atoms with E-state index in [0.717, 1.165) is 11.1 Å². The van der Waals surface area contributed by atoms with Crippen LogP contribution in [0.1, 0.15) is 99.6 Å². The number of nitrogens with two attached hydrogens (primary N) is 1. The molecule has 0 saturated carbocycles. The highest BCUT2D eigenvalue weighted by Crippen LogP contribution is 2.22. The third-order valence-electron chi connectivity index (χ3n) is 11.4. The van der Waals surface area contributed by atoms with Gasteiger partial charge in [-0.2, -0.15) is 13.2 Å². The van der Waals surface area contributed by atoms with Gasteiger partial charge in [0.2, 0.25) is 35.4 Å². The summed E-state index contributed by atoms with van der Waals surface area (Å²) in [7, 11) is 0. The molecule has 0 radical (unpaired) electrons. The number of carbonyl (C=O) groups excluding carboxylic acids is 7. The molecule has 8 atom stereocenters. The molecule has 356 valence electrons. The first kappa shape index (κ1) is 54.7. The van der Waals surface area contributed by atoms with Crippen molar-refractivity contribution in [1.82, 2.24) is 31.9 Å². The number of hydrogen-bond acceptors (Lipinski definition) is 7. The molecule has 0 heterocycles. The first-order valence-electron chi connectivity index (χ1n) is 22.1. The third-order valence-corrected chi connectivity index (χ3v) is 11.4. The Bertz CT molecular complexity index is 1840. The Balaban J connectivity index is 2.43. The number of rotatable bonds is 25. The van der Waals surface area contributed by atoms with Gasteiger partial charge in [0.25, 0.3) is 0 Å². The summed E-state index contributed by atoms with van der Waals surface area (Å²) in [5.74, 6) is -8.96. The van der Waals surface area contributed by atoms with Crippen LogP contribution in [0.3, 0.4) is 0 Å². The van der Waals surface area contributed by atoms with Crippen LogP contribution >= 0.6 is 0 Å².